The zero-order valence-electron chi connectivity index (χ0n) is 11.4. The molecule has 1 fully saturated rings. The van der Waals surface area contributed by atoms with Crippen molar-refractivity contribution >= 4 is 22.4 Å². The maximum atomic E-state index is 12.6. The lowest BCUT2D eigenvalue weighted by atomic mass is 10.3. The number of halogens is 1. The van der Waals surface area contributed by atoms with Gasteiger partial charge in [0.1, 0.15) is 16.4 Å². The van der Waals surface area contributed by atoms with Gasteiger partial charge in [-0.25, -0.2) is 8.42 Å². The van der Waals surface area contributed by atoms with E-state index in [9.17, 15) is 8.42 Å². The third kappa shape index (κ3) is 3.17. The van der Waals surface area contributed by atoms with E-state index in [1.54, 1.807) is 12.1 Å². The van der Waals surface area contributed by atoms with E-state index in [1.165, 1.54) is 24.6 Å². The molecule has 0 radical (unpaired) electrons. The molecule has 1 aliphatic rings. The van der Waals surface area contributed by atoms with Crippen LogP contribution in [0.1, 0.15) is 6.42 Å². The second kappa shape index (κ2) is 6.62. The first-order valence-corrected chi connectivity index (χ1v) is 7.41. The molecule has 1 aromatic carbocycles. The van der Waals surface area contributed by atoms with Crippen LogP contribution in [-0.4, -0.2) is 46.1 Å². The van der Waals surface area contributed by atoms with Gasteiger partial charge in [-0.15, -0.1) is 12.4 Å². The fourth-order valence-corrected chi connectivity index (χ4v) is 3.78. The third-order valence-electron chi connectivity index (χ3n) is 3.18. The molecule has 6 nitrogen and oxygen atoms in total. The highest BCUT2D eigenvalue weighted by Gasteiger charge is 2.33. The van der Waals surface area contributed by atoms with Crippen molar-refractivity contribution in [3.63, 3.8) is 0 Å². The van der Waals surface area contributed by atoms with E-state index in [1.807, 2.05) is 0 Å². The molecule has 1 atom stereocenters. The Labute approximate surface area is 125 Å². The van der Waals surface area contributed by atoms with E-state index in [4.69, 9.17) is 15.2 Å². The van der Waals surface area contributed by atoms with E-state index < -0.39 is 10.0 Å². The van der Waals surface area contributed by atoms with E-state index >= 15 is 0 Å². The summed E-state index contributed by atoms with van der Waals surface area (Å²) in [6.07, 6.45) is 0.672. The number of rotatable bonds is 4. The largest absolute Gasteiger partial charge is 0.497 e. The van der Waals surface area contributed by atoms with E-state index in [-0.39, 0.29) is 23.3 Å². The van der Waals surface area contributed by atoms with Gasteiger partial charge in [0, 0.05) is 25.2 Å². The fraction of sp³-hybridized carbons (Fsp3) is 0.500. The average molecular weight is 323 g/mol. The molecular weight excluding hydrogens is 304 g/mol. The maximum Gasteiger partial charge on any atom is 0.246 e. The van der Waals surface area contributed by atoms with Crippen LogP contribution in [0.15, 0.2) is 23.1 Å². The molecule has 0 aromatic heterocycles. The molecule has 1 saturated heterocycles. The summed E-state index contributed by atoms with van der Waals surface area (Å²) in [4.78, 5) is 0.114. The Hall–Kier alpha value is -1.02. The van der Waals surface area contributed by atoms with Crippen molar-refractivity contribution in [2.24, 2.45) is 5.73 Å². The Morgan fingerprint density at radius 3 is 2.50 bits per heavy atom. The molecule has 1 aromatic rings. The Kier molecular flexibility index (Phi) is 5.64. The van der Waals surface area contributed by atoms with E-state index in [2.05, 4.69) is 0 Å². The summed E-state index contributed by atoms with van der Waals surface area (Å²) in [5, 5.41) is 0. The van der Waals surface area contributed by atoms with Crippen molar-refractivity contribution in [3.8, 4) is 11.5 Å². The second-order valence-corrected chi connectivity index (χ2v) is 6.33. The Morgan fingerprint density at radius 2 is 2.00 bits per heavy atom. The molecule has 0 amide bonds. The van der Waals surface area contributed by atoms with Crippen LogP contribution >= 0.6 is 12.4 Å². The van der Waals surface area contributed by atoms with Crippen LogP contribution in [0.25, 0.3) is 0 Å². The summed E-state index contributed by atoms with van der Waals surface area (Å²) in [5.41, 5.74) is 5.76. The van der Waals surface area contributed by atoms with Gasteiger partial charge in [-0.2, -0.15) is 4.31 Å². The predicted octanol–water partition coefficient (Wildman–Crippen LogP) is 0.847. The van der Waals surface area contributed by atoms with Gasteiger partial charge in [0.15, 0.2) is 0 Å². The molecule has 20 heavy (non-hydrogen) atoms. The average Bonchev–Trinajstić information content (AvgIpc) is 2.85. The van der Waals surface area contributed by atoms with Crippen molar-refractivity contribution in [3.05, 3.63) is 18.2 Å². The van der Waals surface area contributed by atoms with Crippen LogP contribution in [0.3, 0.4) is 0 Å². The van der Waals surface area contributed by atoms with Gasteiger partial charge in [-0.05, 0) is 18.6 Å². The minimum absolute atomic E-state index is 0. The van der Waals surface area contributed by atoms with Gasteiger partial charge >= 0.3 is 0 Å². The second-order valence-electron chi connectivity index (χ2n) is 4.43. The molecule has 0 aliphatic carbocycles. The zero-order valence-corrected chi connectivity index (χ0v) is 13.0. The first kappa shape index (κ1) is 17.0. The zero-order chi connectivity index (χ0) is 14.0. The minimum atomic E-state index is -3.60. The quantitative estimate of drug-likeness (QED) is 0.888. The van der Waals surface area contributed by atoms with Crippen LogP contribution in [-0.2, 0) is 10.0 Å². The number of hydrogen-bond donors (Lipinski definition) is 1. The Morgan fingerprint density at radius 1 is 1.30 bits per heavy atom. The third-order valence-corrected chi connectivity index (χ3v) is 5.06. The number of methoxy groups -OCH3 is 2. The lowest BCUT2D eigenvalue weighted by Crippen LogP contribution is -2.32. The summed E-state index contributed by atoms with van der Waals surface area (Å²) in [5.74, 6) is 0.782. The Balaban J connectivity index is 0.00000200. The number of nitrogens with two attached hydrogens (primary N) is 1. The summed E-state index contributed by atoms with van der Waals surface area (Å²) >= 11 is 0. The molecule has 1 heterocycles. The van der Waals surface area contributed by atoms with Crippen molar-refractivity contribution < 1.29 is 17.9 Å². The van der Waals surface area contributed by atoms with Crippen LogP contribution in [0.4, 0.5) is 0 Å². The predicted molar refractivity (Wildman–Crippen MR) is 78.1 cm³/mol. The lowest BCUT2D eigenvalue weighted by molar-refractivity contribution is 0.388. The molecule has 2 rings (SSSR count). The van der Waals surface area contributed by atoms with Gasteiger partial charge in [-0.1, -0.05) is 0 Å². The topological polar surface area (TPSA) is 81.9 Å². The molecule has 114 valence electrons. The first-order chi connectivity index (χ1) is 8.98. The fourth-order valence-electron chi connectivity index (χ4n) is 2.10. The smallest absolute Gasteiger partial charge is 0.246 e. The van der Waals surface area contributed by atoms with Gasteiger partial charge in [-0.3, -0.25) is 0 Å². The normalized spacial score (nSPS) is 19.4. The Bertz CT molecular complexity index is 565. The van der Waals surface area contributed by atoms with Gasteiger partial charge in [0.2, 0.25) is 10.0 Å². The molecule has 2 N–H and O–H groups in total. The maximum absolute atomic E-state index is 12.6. The molecule has 0 unspecified atom stereocenters. The van der Waals surface area contributed by atoms with Gasteiger partial charge < -0.3 is 15.2 Å². The van der Waals surface area contributed by atoms with E-state index in [0.717, 1.165) is 0 Å². The van der Waals surface area contributed by atoms with Crippen molar-refractivity contribution in [2.45, 2.75) is 17.4 Å². The molecule has 0 spiro atoms. The number of ether oxygens (including phenoxy) is 2. The highest BCUT2D eigenvalue weighted by Crippen LogP contribution is 2.31. The molecule has 1 aliphatic heterocycles. The number of benzene rings is 1. The minimum Gasteiger partial charge on any atom is -0.497 e. The van der Waals surface area contributed by atoms with Gasteiger partial charge in [0.25, 0.3) is 0 Å². The van der Waals surface area contributed by atoms with Crippen molar-refractivity contribution in [1.29, 1.82) is 0 Å². The highest BCUT2D eigenvalue weighted by atomic mass is 35.5. The number of sulfonamides is 1. The van der Waals surface area contributed by atoms with E-state index in [0.29, 0.717) is 31.0 Å². The van der Waals surface area contributed by atoms with Crippen LogP contribution in [0.2, 0.25) is 0 Å². The van der Waals surface area contributed by atoms with Gasteiger partial charge in [0.05, 0.1) is 14.2 Å². The van der Waals surface area contributed by atoms with Crippen molar-refractivity contribution in [2.75, 3.05) is 27.3 Å². The summed E-state index contributed by atoms with van der Waals surface area (Å²) < 4.78 is 36.7. The van der Waals surface area contributed by atoms with Crippen LogP contribution < -0.4 is 15.2 Å². The molecule has 0 saturated carbocycles. The molecular formula is C12H19ClN2O4S. The molecule has 8 heteroatoms. The summed E-state index contributed by atoms with van der Waals surface area (Å²) in [6, 6.07) is 4.61. The number of hydrogen-bond acceptors (Lipinski definition) is 5. The van der Waals surface area contributed by atoms with Crippen molar-refractivity contribution in [1.82, 2.24) is 4.31 Å². The van der Waals surface area contributed by atoms with Crippen LogP contribution in [0, 0.1) is 0 Å². The number of nitrogens with zero attached hydrogens (tertiary/aromatic N) is 1. The summed E-state index contributed by atoms with van der Waals surface area (Å²) in [7, 11) is -0.668. The lowest BCUT2D eigenvalue weighted by Gasteiger charge is -2.18. The SMILES string of the molecule is COc1ccc(OC)c(S(=O)(=O)N2CC[C@H](N)C2)c1.Cl. The highest BCUT2D eigenvalue weighted by molar-refractivity contribution is 7.89. The standard InChI is InChI=1S/C12H18N2O4S.ClH/c1-17-10-3-4-11(18-2)12(7-10)19(15,16)14-6-5-9(13)8-14;/h3-4,7,9H,5-6,8,13H2,1-2H3;1H/t9-;/m0./s1. The monoisotopic (exact) mass is 322 g/mol. The molecule has 0 bridgehead atoms. The first-order valence-electron chi connectivity index (χ1n) is 5.97. The van der Waals surface area contributed by atoms with Crippen LogP contribution in [0.5, 0.6) is 11.5 Å². The summed E-state index contributed by atoms with van der Waals surface area (Å²) in [6.45, 7) is 0.770.